The van der Waals surface area contributed by atoms with Crippen LogP contribution in [0.15, 0.2) is 18.3 Å². The number of imidazole rings is 1. The normalized spacial score (nSPS) is 16.2. The van der Waals surface area contributed by atoms with E-state index in [1.807, 2.05) is 7.05 Å². The predicted molar refractivity (Wildman–Crippen MR) is 85.7 cm³/mol. The number of anilines is 1. The summed E-state index contributed by atoms with van der Waals surface area (Å²) in [6.45, 7) is 3.33. The molecule has 22 heavy (non-hydrogen) atoms. The van der Waals surface area contributed by atoms with Gasteiger partial charge < -0.3 is 15.3 Å². The van der Waals surface area contributed by atoms with Gasteiger partial charge in [-0.15, -0.1) is 0 Å². The Morgan fingerprint density at radius 3 is 2.73 bits per heavy atom. The van der Waals surface area contributed by atoms with Crippen LogP contribution in [0.2, 0.25) is 0 Å². The van der Waals surface area contributed by atoms with E-state index in [1.54, 1.807) is 0 Å². The zero-order chi connectivity index (χ0) is 15.7. The Morgan fingerprint density at radius 2 is 2.14 bits per heavy atom. The number of nitrogens with zero attached hydrogens (tertiary/aromatic N) is 3. The number of hydrogen-bond acceptors (Lipinski definition) is 3. The van der Waals surface area contributed by atoms with Crippen LogP contribution in [0, 0.1) is 0 Å². The van der Waals surface area contributed by atoms with Gasteiger partial charge in [0.1, 0.15) is 11.5 Å². The highest BCUT2D eigenvalue weighted by Crippen LogP contribution is 2.29. The second-order valence-electron chi connectivity index (χ2n) is 5.75. The Bertz CT molecular complexity index is 687. The molecular weight excluding hydrogens is 280 g/mol. The van der Waals surface area contributed by atoms with Crippen molar-refractivity contribution >= 4 is 17.6 Å². The van der Waals surface area contributed by atoms with Gasteiger partial charge in [0.15, 0.2) is 0 Å². The third-order valence-electron chi connectivity index (χ3n) is 4.52. The lowest BCUT2D eigenvalue weighted by Gasteiger charge is -2.30. The molecule has 118 valence electrons. The number of aromatic nitrogens is 2. The van der Waals surface area contributed by atoms with Crippen molar-refractivity contribution in [1.82, 2.24) is 14.3 Å². The first-order valence-corrected chi connectivity index (χ1v) is 7.80. The molecule has 0 unspecified atom stereocenters. The molecule has 3 heterocycles. The van der Waals surface area contributed by atoms with Crippen LogP contribution < -0.4 is 5.32 Å². The van der Waals surface area contributed by atoms with Crippen molar-refractivity contribution in [3.63, 3.8) is 0 Å². The Hall–Kier alpha value is -2.24. The Labute approximate surface area is 129 Å². The van der Waals surface area contributed by atoms with Crippen LogP contribution in [0.5, 0.6) is 0 Å². The molecule has 1 amide bonds. The first-order valence-electron chi connectivity index (χ1n) is 7.80. The highest BCUT2D eigenvalue weighted by molar-refractivity contribution is 5.65. The highest BCUT2D eigenvalue weighted by Gasteiger charge is 2.24. The van der Waals surface area contributed by atoms with E-state index >= 15 is 0 Å². The van der Waals surface area contributed by atoms with Gasteiger partial charge in [-0.1, -0.05) is 13.0 Å². The number of rotatable bonds is 3. The fourth-order valence-corrected chi connectivity index (χ4v) is 3.27. The van der Waals surface area contributed by atoms with E-state index in [9.17, 15) is 4.79 Å². The number of piperidine rings is 1. The van der Waals surface area contributed by atoms with Crippen molar-refractivity contribution in [3.05, 3.63) is 29.6 Å². The quantitative estimate of drug-likeness (QED) is 0.914. The van der Waals surface area contributed by atoms with Crippen LogP contribution in [0.1, 0.15) is 36.9 Å². The molecule has 0 bridgehead atoms. The number of nitrogens with one attached hydrogen (secondary N) is 1. The van der Waals surface area contributed by atoms with E-state index < -0.39 is 6.09 Å². The molecule has 1 saturated heterocycles. The van der Waals surface area contributed by atoms with Gasteiger partial charge in [0.25, 0.3) is 0 Å². The van der Waals surface area contributed by atoms with Gasteiger partial charge in [-0.25, -0.2) is 9.78 Å². The minimum Gasteiger partial charge on any atom is -0.465 e. The maximum absolute atomic E-state index is 11.0. The zero-order valence-corrected chi connectivity index (χ0v) is 13.0. The minimum atomic E-state index is -0.812. The third kappa shape index (κ3) is 2.49. The van der Waals surface area contributed by atoms with Gasteiger partial charge in [-0.05, 0) is 36.8 Å². The standard InChI is InChI=1S/C16H22N4O2/c1-3-13-15(17-2)20-10-12(4-5-14(20)18-13)11-6-8-19(9-7-11)16(21)22/h4-5,10-11,17H,3,6-9H2,1-2H3,(H,21,22). The fourth-order valence-electron chi connectivity index (χ4n) is 3.27. The van der Waals surface area contributed by atoms with Gasteiger partial charge >= 0.3 is 6.09 Å². The minimum absolute atomic E-state index is 0.414. The van der Waals surface area contributed by atoms with E-state index in [4.69, 9.17) is 5.11 Å². The van der Waals surface area contributed by atoms with E-state index in [0.29, 0.717) is 19.0 Å². The van der Waals surface area contributed by atoms with Crippen molar-refractivity contribution in [3.8, 4) is 0 Å². The summed E-state index contributed by atoms with van der Waals surface area (Å²) in [4.78, 5) is 17.1. The third-order valence-corrected chi connectivity index (χ3v) is 4.52. The van der Waals surface area contributed by atoms with Crippen LogP contribution in [-0.4, -0.2) is 45.6 Å². The molecule has 2 aromatic heterocycles. The Balaban J connectivity index is 1.87. The van der Waals surface area contributed by atoms with Crippen molar-refractivity contribution < 1.29 is 9.90 Å². The first kappa shape index (κ1) is 14.7. The zero-order valence-electron chi connectivity index (χ0n) is 13.0. The lowest BCUT2D eigenvalue weighted by molar-refractivity contribution is 0.132. The summed E-state index contributed by atoms with van der Waals surface area (Å²) in [5.74, 6) is 1.46. The van der Waals surface area contributed by atoms with Crippen LogP contribution in [0.4, 0.5) is 10.6 Å². The lowest BCUT2D eigenvalue weighted by Crippen LogP contribution is -2.36. The number of amides is 1. The second kappa shape index (κ2) is 5.87. The highest BCUT2D eigenvalue weighted by atomic mass is 16.4. The lowest BCUT2D eigenvalue weighted by atomic mass is 9.90. The number of pyridine rings is 1. The summed E-state index contributed by atoms with van der Waals surface area (Å²) in [5.41, 5.74) is 3.28. The van der Waals surface area contributed by atoms with Gasteiger partial charge in [0, 0.05) is 26.3 Å². The largest absolute Gasteiger partial charge is 0.465 e. The average molecular weight is 302 g/mol. The molecule has 0 spiro atoms. The summed E-state index contributed by atoms with van der Waals surface area (Å²) in [7, 11) is 1.92. The molecule has 6 nitrogen and oxygen atoms in total. The van der Waals surface area contributed by atoms with E-state index in [0.717, 1.165) is 36.4 Å². The first-order chi connectivity index (χ1) is 10.6. The molecular formula is C16H22N4O2. The summed E-state index contributed by atoms with van der Waals surface area (Å²) in [6, 6.07) is 4.18. The predicted octanol–water partition coefficient (Wildman–Crippen LogP) is 2.80. The Morgan fingerprint density at radius 1 is 1.41 bits per heavy atom. The maximum atomic E-state index is 11.0. The van der Waals surface area contributed by atoms with Gasteiger partial charge in [-0.2, -0.15) is 0 Å². The van der Waals surface area contributed by atoms with Crippen LogP contribution in [0.3, 0.4) is 0 Å². The number of fused-ring (bicyclic) bond motifs is 1. The molecule has 0 saturated carbocycles. The Kier molecular flexibility index (Phi) is 3.92. The molecule has 0 aliphatic carbocycles. The molecule has 1 aliphatic rings. The van der Waals surface area contributed by atoms with Crippen LogP contribution in [-0.2, 0) is 6.42 Å². The fraction of sp³-hybridized carbons (Fsp3) is 0.500. The SMILES string of the molecule is CCc1nc2ccc(C3CCN(C(=O)O)CC3)cn2c1NC. The summed E-state index contributed by atoms with van der Waals surface area (Å²) in [6.07, 6.45) is 3.98. The molecule has 2 N–H and O–H groups in total. The van der Waals surface area contributed by atoms with E-state index in [-0.39, 0.29) is 0 Å². The van der Waals surface area contributed by atoms with Crippen LogP contribution >= 0.6 is 0 Å². The smallest absolute Gasteiger partial charge is 0.407 e. The monoisotopic (exact) mass is 302 g/mol. The average Bonchev–Trinajstić information content (AvgIpc) is 2.91. The molecule has 1 fully saturated rings. The summed E-state index contributed by atoms with van der Waals surface area (Å²) < 4.78 is 2.11. The molecule has 3 rings (SSSR count). The maximum Gasteiger partial charge on any atom is 0.407 e. The van der Waals surface area contributed by atoms with E-state index in [2.05, 4.69) is 40.0 Å². The molecule has 6 heteroatoms. The number of hydrogen-bond donors (Lipinski definition) is 2. The van der Waals surface area contributed by atoms with Crippen molar-refractivity contribution in [2.24, 2.45) is 0 Å². The van der Waals surface area contributed by atoms with Crippen molar-refractivity contribution in [2.45, 2.75) is 32.1 Å². The topological polar surface area (TPSA) is 69.9 Å². The second-order valence-corrected chi connectivity index (χ2v) is 5.75. The molecule has 0 radical (unpaired) electrons. The van der Waals surface area contributed by atoms with Gasteiger partial charge in [0.05, 0.1) is 5.69 Å². The van der Waals surface area contributed by atoms with E-state index in [1.165, 1.54) is 10.5 Å². The summed E-state index contributed by atoms with van der Waals surface area (Å²) >= 11 is 0. The number of likely N-dealkylation sites (tertiary alicyclic amines) is 1. The molecule has 2 aromatic rings. The molecule has 0 aromatic carbocycles. The number of carboxylic acid groups (broad SMARTS) is 1. The van der Waals surface area contributed by atoms with Crippen LogP contribution in [0.25, 0.3) is 5.65 Å². The van der Waals surface area contributed by atoms with Gasteiger partial charge in [-0.3, -0.25) is 4.40 Å². The van der Waals surface area contributed by atoms with Crippen molar-refractivity contribution in [2.75, 3.05) is 25.5 Å². The number of carbonyl (C=O) groups is 1. The molecule has 0 atom stereocenters. The molecule has 1 aliphatic heterocycles. The van der Waals surface area contributed by atoms with Crippen molar-refractivity contribution in [1.29, 1.82) is 0 Å². The number of aryl methyl sites for hydroxylation is 1. The summed E-state index contributed by atoms with van der Waals surface area (Å²) in [5, 5.41) is 12.3. The van der Waals surface area contributed by atoms with Gasteiger partial charge in [0.2, 0.25) is 0 Å².